The summed E-state index contributed by atoms with van der Waals surface area (Å²) in [4.78, 5) is 12.4. The van der Waals surface area contributed by atoms with Gasteiger partial charge in [0.1, 0.15) is 5.75 Å². The molecular weight excluding hydrogens is 528 g/mol. The Kier molecular flexibility index (Phi) is 8.69. The van der Waals surface area contributed by atoms with Gasteiger partial charge in [0.25, 0.3) is 0 Å². The third-order valence-electron chi connectivity index (χ3n) is 4.54. The van der Waals surface area contributed by atoms with Crippen LogP contribution in [0.15, 0.2) is 58.0 Å². The number of benzene rings is 2. The smallest absolute Gasteiger partial charge is 0.236 e. The van der Waals surface area contributed by atoms with Crippen molar-refractivity contribution in [1.82, 2.24) is 25.1 Å². The first kappa shape index (κ1) is 25.1. The van der Waals surface area contributed by atoms with E-state index < -0.39 is 0 Å². The maximum absolute atomic E-state index is 12.4. The maximum atomic E-state index is 12.4. The number of halogens is 1. The van der Waals surface area contributed by atoms with Gasteiger partial charge in [0.05, 0.1) is 19.4 Å². The molecule has 1 amide bonds. The molecule has 2 aromatic heterocycles. The average molecular weight is 549 g/mol. The van der Waals surface area contributed by atoms with Crippen LogP contribution in [0, 0.1) is 0 Å². The van der Waals surface area contributed by atoms with Crippen molar-refractivity contribution in [3.8, 4) is 5.75 Å². The summed E-state index contributed by atoms with van der Waals surface area (Å²) in [6.45, 7) is 0.379. The Morgan fingerprint density at radius 2 is 1.86 bits per heavy atom. The number of ether oxygens (including phenoxy) is 1. The van der Waals surface area contributed by atoms with Crippen molar-refractivity contribution in [2.45, 2.75) is 21.8 Å². The van der Waals surface area contributed by atoms with Gasteiger partial charge in [-0.2, -0.15) is 0 Å². The Labute approximate surface area is 219 Å². The standard InChI is InChI=1S/C21H21ClN8O2S3/c1-32-16-8-6-15(7-9-16)24-10-17-26-28-20(30(17)23)33-12-18(31)25-19-27-29-21(35-19)34-11-13-2-4-14(22)5-3-13/h2-9,24H,10-12,23H2,1H3,(H,25,27,31). The van der Waals surface area contributed by atoms with Crippen molar-refractivity contribution in [2.24, 2.45) is 0 Å². The van der Waals surface area contributed by atoms with Gasteiger partial charge in [0.2, 0.25) is 16.2 Å². The number of nitrogens with two attached hydrogens (primary N) is 1. The second-order valence-electron chi connectivity index (χ2n) is 6.98. The van der Waals surface area contributed by atoms with Crippen LogP contribution >= 0.6 is 46.5 Å². The van der Waals surface area contributed by atoms with Gasteiger partial charge in [-0.05, 0) is 42.0 Å². The van der Waals surface area contributed by atoms with E-state index in [-0.39, 0.29) is 11.7 Å². The quantitative estimate of drug-likeness (QED) is 0.143. The summed E-state index contributed by atoms with van der Waals surface area (Å²) >= 11 is 9.96. The van der Waals surface area contributed by atoms with E-state index in [0.717, 1.165) is 27.1 Å². The molecule has 0 spiro atoms. The number of rotatable bonds is 11. The minimum Gasteiger partial charge on any atom is -0.497 e. The monoisotopic (exact) mass is 548 g/mol. The molecule has 2 aromatic carbocycles. The van der Waals surface area contributed by atoms with E-state index in [4.69, 9.17) is 22.2 Å². The minimum atomic E-state index is -0.235. The number of hydrogen-bond acceptors (Lipinski definition) is 11. The van der Waals surface area contributed by atoms with Gasteiger partial charge in [-0.3, -0.25) is 10.1 Å². The van der Waals surface area contributed by atoms with Crippen LogP contribution in [0.5, 0.6) is 5.75 Å². The van der Waals surface area contributed by atoms with E-state index in [1.165, 1.54) is 27.8 Å². The second-order valence-corrected chi connectivity index (χ2v) is 10.6. The van der Waals surface area contributed by atoms with Crippen molar-refractivity contribution in [2.75, 3.05) is 29.3 Å². The fourth-order valence-electron chi connectivity index (χ4n) is 2.75. The molecule has 2 heterocycles. The Morgan fingerprint density at radius 3 is 2.60 bits per heavy atom. The molecule has 0 atom stereocenters. The van der Waals surface area contributed by atoms with Gasteiger partial charge >= 0.3 is 0 Å². The second kappa shape index (κ2) is 12.1. The van der Waals surface area contributed by atoms with Gasteiger partial charge in [-0.25, -0.2) is 4.68 Å². The van der Waals surface area contributed by atoms with Crippen molar-refractivity contribution >= 4 is 63.2 Å². The average Bonchev–Trinajstić information content (AvgIpc) is 3.47. The molecule has 0 fully saturated rings. The van der Waals surface area contributed by atoms with E-state index in [2.05, 4.69) is 31.0 Å². The molecule has 4 aromatic rings. The molecule has 4 N–H and O–H groups in total. The molecule has 0 radical (unpaired) electrons. The fraction of sp³-hybridized carbons (Fsp3) is 0.190. The molecule has 10 nitrogen and oxygen atoms in total. The summed E-state index contributed by atoms with van der Waals surface area (Å²) in [6, 6.07) is 15.1. The Morgan fingerprint density at radius 1 is 1.09 bits per heavy atom. The lowest BCUT2D eigenvalue weighted by atomic mass is 10.2. The van der Waals surface area contributed by atoms with Crippen LogP contribution in [0.25, 0.3) is 0 Å². The topological polar surface area (TPSA) is 133 Å². The number of carbonyl (C=O) groups is 1. The van der Waals surface area contributed by atoms with Crippen LogP contribution < -0.4 is 21.2 Å². The third-order valence-corrected chi connectivity index (χ3v) is 7.77. The minimum absolute atomic E-state index is 0.105. The molecule has 0 unspecified atom stereocenters. The fourth-order valence-corrected chi connectivity index (χ4v) is 5.27. The largest absolute Gasteiger partial charge is 0.497 e. The van der Waals surface area contributed by atoms with Crippen molar-refractivity contribution in [3.63, 3.8) is 0 Å². The molecular formula is C21H21ClN8O2S3. The predicted octanol–water partition coefficient (Wildman–Crippen LogP) is 4.14. The highest BCUT2D eigenvalue weighted by molar-refractivity contribution is 8.00. The lowest BCUT2D eigenvalue weighted by Crippen LogP contribution is -2.18. The van der Waals surface area contributed by atoms with E-state index >= 15 is 0 Å². The normalized spacial score (nSPS) is 10.8. The number of methoxy groups -OCH3 is 1. The van der Waals surface area contributed by atoms with Gasteiger partial charge in [-0.15, -0.1) is 20.4 Å². The molecule has 0 aliphatic heterocycles. The number of aromatic nitrogens is 5. The molecule has 0 aliphatic rings. The Hall–Kier alpha value is -3.00. The van der Waals surface area contributed by atoms with Gasteiger partial charge in [-0.1, -0.05) is 58.6 Å². The maximum Gasteiger partial charge on any atom is 0.236 e. The number of carbonyl (C=O) groups excluding carboxylic acids is 1. The van der Waals surface area contributed by atoms with Crippen LogP contribution in [0.1, 0.15) is 11.4 Å². The third kappa shape index (κ3) is 7.24. The van der Waals surface area contributed by atoms with E-state index in [1.807, 2.05) is 48.5 Å². The molecule has 0 saturated heterocycles. The van der Waals surface area contributed by atoms with Crippen LogP contribution in [-0.2, 0) is 17.1 Å². The lowest BCUT2D eigenvalue weighted by Gasteiger charge is -2.07. The molecule has 0 aliphatic carbocycles. The van der Waals surface area contributed by atoms with E-state index in [0.29, 0.717) is 27.7 Å². The number of thioether (sulfide) groups is 2. The summed E-state index contributed by atoms with van der Waals surface area (Å²) in [7, 11) is 1.62. The Bertz CT molecular complexity index is 1260. The van der Waals surface area contributed by atoms with Gasteiger partial charge in [0, 0.05) is 16.5 Å². The number of hydrogen-bond donors (Lipinski definition) is 3. The number of nitrogen functional groups attached to an aromatic ring is 1. The zero-order chi connectivity index (χ0) is 24.6. The molecule has 0 bridgehead atoms. The Balaban J connectivity index is 1.22. The molecule has 4 rings (SSSR count). The summed E-state index contributed by atoms with van der Waals surface area (Å²) in [5.74, 6) is 8.01. The highest BCUT2D eigenvalue weighted by atomic mass is 35.5. The highest BCUT2D eigenvalue weighted by Gasteiger charge is 2.14. The predicted molar refractivity (Wildman–Crippen MR) is 141 cm³/mol. The molecule has 0 saturated carbocycles. The molecule has 14 heteroatoms. The lowest BCUT2D eigenvalue weighted by molar-refractivity contribution is -0.113. The van der Waals surface area contributed by atoms with Gasteiger partial charge in [0.15, 0.2) is 10.2 Å². The summed E-state index contributed by atoms with van der Waals surface area (Å²) < 4.78 is 7.28. The number of anilines is 2. The van der Waals surface area contributed by atoms with Crippen LogP contribution in [-0.4, -0.2) is 43.8 Å². The summed E-state index contributed by atoms with van der Waals surface area (Å²) in [5.41, 5.74) is 2.02. The zero-order valence-corrected chi connectivity index (χ0v) is 21.7. The first-order chi connectivity index (χ1) is 17.0. The first-order valence-electron chi connectivity index (χ1n) is 10.2. The SMILES string of the molecule is COc1ccc(NCc2nnc(SCC(=O)Nc3nnc(SCc4ccc(Cl)cc4)s3)n2N)cc1. The first-order valence-corrected chi connectivity index (χ1v) is 13.4. The van der Waals surface area contributed by atoms with E-state index in [9.17, 15) is 4.79 Å². The van der Waals surface area contributed by atoms with Crippen LogP contribution in [0.4, 0.5) is 10.8 Å². The van der Waals surface area contributed by atoms with Gasteiger partial charge < -0.3 is 15.9 Å². The zero-order valence-electron chi connectivity index (χ0n) is 18.5. The van der Waals surface area contributed by atoms with Crippen LogP contribution in [0.2, 0.25) is 5.02 Å². The summed E-state index contributed by atoms with van der Waals surface area (Å²) in [6.07, 6.45) is 0. The summed E-state index contributed by atoms with van der Waals surface area (Å²) in [5, 5.41) is 23.9. The molecule has 35 heavy (non-hydrogen) atoms. The number of amides is 1. The van der Waals surface area contributed by atoms with Crippen molar-refractivity contribution in [3.05, 3.63) is 64.9 Å². The van der Waals surface area contributed by atoms with Crippen molar-refractivity contribution < 1.29 is 9.53 Å². The van der Waals surface area contributed by atoms with Crippen LogP contribution in [0.3, 0.4) is 0 Å². The van der Waals surface area contributed by atoms with E-state index in [1.54, 1.807) is 18.9 Å². The highest BCUT2D eigenvalue weighted by Crippen LogP contribution is 2.29. The molecule has 182 valence electrons. The number of nitrogens with zero attached hydrogens (tertiary/aromatic N) is 5. The van der Waals surface area contributed by atoms with Crippen molar-refractivity contribution in [1.29, 1.82) is 0 Å². The number of nitrogens with one attached hydrogen (secondary N) is 2.